The molecule has 0 saturated carbocycles. The van der Waals surface area contributed by atoms with Crippen molar-refractivity contribution >= 4 is 11.8 Å². The number of carbonyl (C=O) groups excluding carboxylic acids is 2. The first-order chi connectivity index (χ1) is 12.4. The largest absolute Gasteiger partial charge is 0.348 e. The van der Waals surface area contributed by atoms with Crippen LogP contribution in [-0.2, 0) is 7.05 Å². The summed E-state index contributed by atoms with van der Waals surface area (Å²) < 4.78 is 1.66. The molecule has 3 rings (SSSR count). The maximum atomic E-state index is 12.7. The van der Waals surface area contributed by atoms with Crippen LogP contribution in [0.5, 0.6) is 0 Å². The van der Waals surface area contributed by atoms with Gasteiger partial charge in [0.1, 0.15) is 5.69 Å². The van der Waals surface area contributed by atoms with Gasteiger partial charge in [0.05, 0.1) is 23.1 Å². The molecule has 0 spiro atoms. The molecule has 0 aromatic carbocycles. The summed E-state index contributed by atoms with van der Waals surface area (Å²) in [5.74, 6) is -0.211. The lowest BCUT2D eigenvalue weighted by Crippen LogP contribution is -2.37. The fourth-order valence-electron chi connectivity index (χ4n) is 3.19. The Hall–Kier alpha value is -2.77. The maximum Gasteiger partial charge on any atom is 0.271 e. The van der Waals surface area contributed by atoms with E-state index in [-0.39, 0.29) is 17.9 Å². The highest BCUT2D eigenvalue weighted by Crippen LogP contribution is 2.16. The van der Waals surface area contributed by atoms with Gasteiger partial charge in [-0.2, -0.15) is 5.10 Å². The van der Waals surface area contributed by atoms with Crippen LogP contribution in [0, 0.1) is 13.8 Å². The van der Waals surface area contributed by atoms with Gasteiger partial charge in [0.2, 0.25) is 0 Å². The van der Waals surface area contributed by atoms with Crippen LogP contribution in [-0.4, -0.2) is 55.6 Å². The Morgan fingerprint density at radius 3 is 2.62 bits per heavy atom. The lowest BCUT2D eigenvalue weighted by atomic mass is 10.1. The number of aromatic nitrogens is 4. The third kappa shape index (κ3) is 4.07. The molecule has 2 amide bonds. The molecule has 1 saturated heterocycles. The van der Waals surface area contributed by atoms with Gasteiger partial charge in [0, 0.05) is 38.6 Å². The Bertz CT molecular complexity index is 799. The first-order valence-electron chi connectivity index (χ1n) is 8.83. The summed E-state index contributed by atoms with van der Waals surface area (Å²) in [6.07, 6.45) is 7.23. The molecular formula is C18H24N6O2. The topological polar surface area (TPSA) is 93.0 Å². The Labute approximate surface area is 152 Å². The highest BCUT2D eigenvalue weighted by atomic mass is 16.2. The summed E-state index contributed by atoms with van der Waals surface area (Å²) in [5.41, 5.74) is 2.48. The predicted molar refractivity (Wildman–Crippen MR) is 95.7 cm³/mol. The summed E-state index contributed by atoms with van der Waals surface area (Å²) in [6, 6.07) is 0.0263. The van der Waals surface area contributed by atoms with E-state index in [2.05, 4.69) is 20.4 Å². The second kappa shape index (κ2) is 7.63. The minimum absolute atomic E-state index is 0.00646. The van der Waals surface area contributed by atoms with Gasteiger partial charge in [-0.15, -0.1) is 0 Å². The van der Waals surface area contributed by atoms with Crippen LogP contribution in [0.1, 0.15) is 51.5 Å². The Kier molecular flexibility index (Phi) is 5.29. The molecule has 2 aromatic heterocycles. The van der Waals surface area contributed by atoms with E-state index in [1.54, 1.807) is 17.1 Å². The van der Waals surface area contributed by atoms with E-state index in [0.717, 1.165) is 30.7 Å². The molecule has 1 aliphatic heterocycles. The number of rotatable bonds is 3. The molecule has 26 heavy (non-hydrogen) atoms. The van der Waals surface area contributed by atoms with Gasteiger partial charge in [-0.3, -0.25) is 19.3 Å². The summed E-state index contributed by atoms with van der Waals surface area (Å²) in [7, 11) is 1.81. The van der Waals surface area contributed by atoms with Crippen LogP contribution in [0.15, 0.2) is 18.6 Å². The van der Waals surface area contributed by atoms with Gasteiger partial charge in [-0.05, 0) is 33.1 Å². The average Bonchev–Trinajstić information content (AvgIpc) is 2.81. The number of nitrogens with zero attached hydrogens (tertiary/aromatic N) is 5. The number of likely N-dealkylation sites (tertiary alicyclic amines) is 1. The quantitative estimate of drug-likeness (QED) is 0.893. The standard InChI is InChI=1S/C18H24N6O2/c1-12-9-20-16(10-19-12)17(25)21-14-5-4-7-24(8-6-14)18(26)15-11-23(3)22-13(15)2/h9-11,14H,4-8H2,1-3H3,(H,21,25)/t14-/m0/s1. The van der Waals surface area contributed by atoms with Crippen LogP contribution >= 0.6 is 0 Å². The average molecular weight is 356 g/mol. The molecule has 0 unspecified atom stereocenters. The van der Waals surface area contributed by atoms with E-state index in [4.69, 9.17) is 0 Å². The lowest BCUT2D eigenvalue weighted by molar-refractivity contribution is 0.0760. The monoisotopic (exact) mass is 356 g/mol. The molecule has 138 valence electrons. The lowest BCUT2D eigenvalue weighted by Gasteiger charge is -2.20. The van der Waals surface area contributed by atoms with Gasteiger partial charge in [-0.1, -0.05) is 0 Å². The fraction of sp³-hybridized carbons (Fsp3) is 0.500. The molecule has 0 radical (unpaired) electrons. The van der Waals surface area contributed by atoms with Gasteiger partial charge in [-0.25, -0.2) is 4.98 Å². The molecule has 3 heterocycles. The Balaban J connectivity index is 1.59. The minimum Gasteiger partial charge on any atom is -0.348 e. The first-order valence-corrected chi connectivity index (χ1v) is 8.83. The predicted octanol–water partition coefficient (Wildman–Crippen LogP) is 1.25. The number of aryl methyl sites for hydroxylation is 3. The molecule has 1 N–H and O–H groups in total. The molecule has 1 aliphatic rings. The van der Waals surface area contributed by atoms with E-state index in [9.17, 15) is 9.59 Å². The molecule has 8 nitrogen and oxygen atoms in total. The van der Waals surface area contributed by atoms with Crippen molar-refractivity contribution < 1.29 is 9.59 Å². The van der Waals surface area contributed by atoms with Crippen molar-refractivity contribution in [2.45, 2.75) is 39.2 Å². The zero-order chi connectivity index (χ0) is 18.7. The molecule has 8 heteroatoms. The van der Waals surface area contributed by atoms with Crippen LogP contribution in [0.4, 0.5) is 0 Å². The van der Waals surface area contributed by atoms with E-state index < -0.39 is 0 Å². The summed E-state index contributed by atoms with van der Waals surface area (Å²) in [6.45, 7) is 4.97. The zero-order valence-corrected chi connectivity index (χ0v) is 15.4. The number of hydrogen-bond acceptors (Lipinski definition) is 5. The van der Waals surface area contributed by atoms with Crippen molar-refractivity contribution in [2.75, 3.05) is 13.1 Å². The molecule has 2 aromatic rings. The van der Waals surface area contributed by atoms with E-state index in [1.165, 1.54) is 6.20 Å². The van der Waals surface area contributed by atoms with Crippen LogP contribution < -0.4 is 5.32 Å². The summed E-state index contributed by atoms with van der Waals surface area (Å²) in [5, 5.41) is 7.26. The maximum absolute atomic E-state index is 12.7. The number of carbonyl (C=O) groups is 2. The van der Waals surface area contributed by atoms with Crippen molar-refractivity contribution in [1.29, 1.82) is 0 Å². The molecule has 1 fully saturated rings. The van der Waals surface area contributed by atoms with Crippen LogP contribution in [0.25, 0.3) is 0 Å². The SMILES string of the molecule is Cc1cnc(C(=O)N[C@H]2CCCN(C(=O)c3cn(C)nc3C)CC2)cn1. The molecular weight excluding hydrogens is 332 g/mol. The smallest absolute Gasteiger partial charge is 0.271 e. The highest BCUT2D eigenvalue weighted by molar-refractivity contribution is 5.95. The van der Waals surface area contributed by atoms with Crippen molar-refractivity contribution in [3.63, 3.8) is 0 Å². The van der Waals surface area contributed by atoms with Crippen molar-refractivity contribution in [2.24, 2.45) is 7.05 Å². The van der Waals surface area contributed by atoms with E-state index in [0.29, 0.717) is 24.3 Å². The number of hydrogen-bond donors (Lipinski definition) is 1. The van der Waals surface area contributed by atoms with Crippen molar-refractivity contribution in [3.8, 4) is 0 Å². The summed E-state index contributed by atoms with van der Waals surface area (Å²) >= 11 is 0. The third-order valence-corrected chi connectivity index (χ3v) is 4.61. The van der Waals surface area contributed by atoms with Crippen molar-refractivity contribution in [3.05, 3.63) is 41.2 Å². The highest BCUT2D eigenvalue weighted by Gasteiger charge is 2.25. The van der Waals surface area contributed by atoms with Crippen LogP contribution in [0.2, 0.25) is 0 Å². The number of nitrogens with one attached hydrogen (secondary N) is 1. The van der Waals surface area contributed by atoms with E-state index in [1.807, 2.05) is 25.8 Å². The Morgan fingerprint density at radius 2 is 1.96 bits per heavy atom. The van der Waals surface area contributed by atoms with Crippen molar-refractivity contribution in [1.82, 2.24) is 30.0 Å². The second-order valence-electron chi connectivity index (χ2n) is 6.74. The molecule has 0 bridgehead atoms. The zero-order valence-electron chi connectivity index (χ0n) is 15.4. The van der Waals surface area contributed by atoms with Gasteiger partial charge >= 0.3 is 0 Å². The second-order valence-corrected chi connectivity index (χ2v) is 6.74. The van der Waals surface area contributed by atoms with Crippen LogP contribution in [0.3, 0.4) is 0 Å². The number of amides is 2. The van der Waals surface area contributed by atoms with Gasteiger partial charge in [0.25, 0.3) is 11.8 Å². The Morgan fingerprint density at radius 1 is 1.15 bits per heavy atom. The normalized spacial score (nSPS) is 17.7. The fourth-order valence-corrected chi connectivity index (χ4v) is 3.19. The first kappa shape index (κ1) is 18.0. The van der Waals surface area contributed by atoms with Gasteiger partial charge < -0.3 is 10.2 Å². The molecule has 0 aliphatic carbocycles. The van der Waals surface area contributed by atoms with Gasteiger partial charge in [0.15, 0.2) is 0 Å². The van der Waals surface area contributed by atoms with E-state index >= 15 is 0 Å². The summed E-state index contributed by atoms with van der Waals surface area (Å²) in [4.78, 5) is 35.1. The minimum atomic E-state index is -0.217. The third-order valence-electron chi connectivity index (χ3n) is 4.61. The molecule has 1 atom stereocenters.